The van der Waals surface area contributed by atoms with Gasteiger partial charge in [-0.15, -0.1) is 0 Å². The number of carbonyl (C=O) groups excluding carboxylic acids is 2. The minimum absolute atomic E-state index is 0.0912. The van der Waals surface area contributed by atoms with E-state index in [1.807, 2.05) is 78.9 Å². The standard InChI is InChI=1S/C27H21N5O2/c1-18(33)26-16-24(29-31(26)20-10-5-3-6-11-20)22-14-9-15-23(28-22)25-17-27(19(2)34)32(30-25)21-12-7-4-8-13-21/h3-17H,1-2H3. The SMILES string of the molecule is CC(=O)c1cc(-c2cccc(-c3cc(C(C)=O)n(-c4ccccc4)n3)n2)nn1-c1ccccc1. The quantitative estimate of drug-likeness (QED) is 0.335. The van der Waals surface area contributed by atoms with Crippen molar-refractivity contribution in [1.82, 2.24) is 24.5 Å². The number of rotatable bonds is 6. The number of benzene rings is 2. The summed E-state index contributed by atoms with van der Waals surface area (Å²) in [5.41, 5.74) is 4.89. The van der Waals surface area contributed by atoms with Crippen LogP contribution >= 0.6 is 0 Å². The maximum absolute atomic E-state index is 12.3. The molecule has 0 spiro atoms. The number of pyridine rings is 1. The highest BCUT2D eigenvalue weighted by molar-refractivity contribution is 5.95. The number of hydrogen-bond donors (Lipinski definition) is 0. The Labute approximate surface area is 196 Å². The minimum Gasteiger partial charge on any atom is -0.293 e. The van der Waals surface area contributed by atoms with Gasteiger partial charge >= 0.3 is 0 Å². The van der Waals surface area contributed by atoms with E-state index >= 15 is 0 Å². The lowest BCUT2D eigenvalue weighted by Crippen LogP contribution is -2.05. The summed E-state index contributed by atoms with van der Waals surface area (Å²) in [7, 11) is 0. The Bertz CT molecular complexity index is 1390. The van der Waals surface area contributed by atoms with Crippen LogP contribution in [0.4, 0.5) is 0 Å². The van der Waals surface area contributed by atoms with E-state index in [0.29, 0.717) is 34.2 Å². The first-order valence-electron chi connectivity index (χ1n) is 10.8. The number of aromatic nitrogens is 5. The Morgan fingerprint density at radius 3 is 1.35 bits per heavy atom. The Morgan fingerprint density at radius 1 is 0.559 bits per heavy atom. The number of carbonyl (C=O) groups is 2. The van der Waals surface area contributed by atoms with Gasteiger partial charge in [-0.2, -0.15) is 10.2 Å². The second kappa shape index (κ2) is 8.71. The number of ketones is 2. The second-order valence-electron chi connectivity index (χ2n) is 7.84. The predicted molar refractivity (Wildman–Crippen MR) is 129 cm³/mol. The van der Waals surface area contributed by atoms with E-state index in [-0.39, 0.29) is 11.6 Å². The summed E-state index contributed by atoms with van der Waals surface area (Å²) in [5, 5.41) is 9.32. The van der Waals surface area contributed by atoms with Crippen molar-refractivity contribution in [3.8, 4) is 34.2 Å². The molecule has 0 radical (unpaired) electrons. The van der Waals surface area contributed by atoms with E-state index in [4.69, 9.17) is 4.98 Å². The molecule has 0 aliphatic heterocycles. The van der Waals surface area contributed by atoms with Crippen molar-refractivity contribution in [2.45, 2.75) is 13.8 Å². The molecule has 0 unspecified atom stereocenters. The molecule has 0 bridgehead atoms. The van der Waals surface area contributed by atoms with Gasteiger partial charge < -0.3 is 0 Å². The summed E-state index contributed by atoms with van der Waals surface area (Å²) >= 11 is 0. The molecule has 3 heterocycles. The van der Waals surface area contributed by atoms with Gasteiger partial charge in [0.1, 0.15) is 22.8 Å². The van der Waals surface area contributed by atoms with E-state index in [9.17, 15) is 9.59 Å². The van der Waals surface area contributed by atoms with E-state index in [1.54, 1.807) is 21.5 Å². The third kappa shape index (κ3) is 3.95. The largest absolute Gasteiger partial charge is 0.293 e. The van der Waals surface area contributed by atoms with Crippen molar-refractivity contribution in [1.29, 1.82) is 0 Å². The first-order chi connectivity index (χ1) is 16.5. The summed E-state index contributed by atoms with van der Waals surface area (Å²) in [6.07, 6.45) is 0. The van der Waals surface area contributed by atoms with Gasteiger partial charge in [-0.25, -0.2) is 14.3 Å². The van der Waals surface area contributed by atoms with Crippen LogP contribution in [0.15, 0.2) is 91.0 Å². The molecule has 0 atom stereocenters. The zero-order chi connectivity index (χ0) is 23.7. The Morgan fingerprint density at radius 2 is 0.971 bits per heavy atom. The lowest BCUT2D eigenvalue weighted by molar-refractivity contribution is 0.0997. The average molecular weight is 447 g/mol. The first-order valence-corrected chi connectivity index (χ1v) is 10.8. The summed E-state index contributed by atoms with van der Waals surface area (Å²) in [4.78, 5) is 29.3. The molecule has 0 amide bonds. The van der Waals surface area contributed by atoms with Crippen LogP contribution < -0.4 is 0 Å². The molecule has 5 rings (SSSR count). The van der Waals surface area contributed by atoms with Crippen LogP contribution in [0.1, 0.15) is 34.8 Å². The molecule has 0 saturated heterocycles. The van der Waals surface area contributed by atoms with Gasteiger partial charge in [0.25, 0.3) is 0 Å². The van der Waals surface area contributed by atoms with Crippen LogP contribution in [-0.4, -0.2) is 36.1 Å². The summed E-state index contributed by atoms with van der Waals surface area (Å²) in [5.74, 6) is -0.182. The Hall–Kier alpha value is -4.65. The van der Waals surface area contributed by atoms with Crippen LogP contribution in [0.3, 0.4) is 0 Å². The lowest BCUT2D eigenvalue weighted by atomic mass is 10.2. The lowest BCUT2D eigenvalue weighted by Gasteiger charge is -2.04. The highest BCUT2D eigenvalue weighted by Crippen LogP contribution is 2.25. The van der Waals surface area contributed by atoms with Crippen molar-refractivity contribution < 1.29 is 9.59 Å². The molecule has 0 N–H and O–H groups in total. The van der Waals surface area contributed by atoms with Crippen molar-refractivity contribution in [3.63, 3.8) is 0 Å². The molecule has 7 nitrogen and oxygen atoms in total. The van der Waals surface area contributed by atoms with Gasteiger partial charge in [0.05, 0.1) is 22.8 Å². The van der Waals surface area contributed by atoms with Gasteiger partial charge in [-0.05, 0) is 48.5 Å². The van der Waals surface area contributed by atoms with E-state index in [1.165, 1.54) is 13.8 Å². The highest BCUT2D eigenvalue weighted by Gasteiger charge is 2.18. The summed E-state index contributed by atoms with van der Waals surface area (Å²) < 4.78 is 3.26. The number of para-hydroxylation sites is 2. The van der Waals surface area contributed by atoms with Crippen molar-refractivity contribution in [3.05, 3.63) is 102 Å². The fourth-order valence-corrected chi connectivity index (χ4v) is 3.77. The molecule has 3 aromatic heterocycles. The van der Waals surface area contributed by atoms with Crippen LogP contribution in [0, 0.1) is 0 Å². The fourth-order valence-electron chi connectivity index (χ4n) is 3.77. The zero-order valence-corrected chi connectivity index (χ0v) is 18.7. The minimum atomic E-state index is -0.0912. The molecule has 5 aromatic rings. The topological polar surface area (TPSA) is 82.7 Å². The molecule has 0 saturated carbocycles. The number of Topliss-reactive ketones (excluding diaryl/α,β-unsaturated/α-hetero) is 2. The van der Waals surface area contributed by atoms with Crippen LogP contribution in [0.5, 0.6) is 0 Å². The fraction of sp³-hybridized carbons (Fsp3) is 0.0741. The molecule has 2 aromatic carbocycles. The monoisotopic (exact) mass is 447 g/mol. The molecule has 7 heteroatoms. The first kappa shape index (κ1) is 21.2. The Kier molecular flexibility index (Phi) is 5.43. The molecule has 0 aliphatic rings. The van der Waals surface area contributed by atoms with Gasteiger partial charge in [0, 0.05) is 13.8 Å². The van der Waals surface area contributed by atoms with Crippen molar-refractivity contribution in [2.24, 2.45) is 0 Å². The van der Waals surface area contributed by atoms with Crippen LogP contribution in [-0.2, 0) is 0 Å². The maximum atomic E-state index is 12.3. The third-order valence-corrected chi connectivity index (χ3v) is 5.42. The van der Waals surface area contributed by atoms with Crippen molar-refractivity contribution >= 4 is 11.6 Å². The molecular formula is C27H21N5O2. The summed E-state index contributed by atoms with van der Waals surface area (Å²) in [6, 6.07) is 28.0. The maximum Gasteiger partial charge on any atom is 0.178 e. The third-order valence-electron chi connectivity index (χ3n) is 5.42. The molecule has 0 aliphatic carbocycles. The second-order valence-corrected chi connectivity index (χ2v) is 7.84. The van der Waals surface area contributed by atoms with Gasteiger partial charge in [0.2, 0.25) is 0 Å². The van der Waals surface area contributed by atoms with E-state index in [0.717, 1.165) is 11.4 Å². The van der Waals surface area contributed by atoms with Gasteiger partial charge in [0.15, 0.2) is 11.6 Å². The highest BCUT2D eigenvalue weighted by atomic mass is 16.1. The molecule has 34 heavy (non-hydrogen) atoms. The molecule has 0 fully saturated rings. The number of hydrogen-bond acceptors (Lipinski definition) is 5. The zero-order valence-electron chi connectivity index (χ0n) is 18.7. The predicted octanol–water partition coefficient (Wildman–Crippen LogP) is 5.19. The molecule has 166 valence electrons. The Balaban J connectivity index is 1.58. The average Bonchev–Trinajstić information content (AvgIpc) is 3.51. The van der Waals surface area contributed by atoms with E-state index < -0.39 is 0 Å². The van der Waals surface area contributed by atoms with Crippen LogP contribution in [0.2, 0.25) is 0 Å². The smallest absolute Gasteiger partial charge is 0.178 e. The van der Waals surface area contributed by atoms with Crippen LogP contribution in [0.25, 0.3) is 34.2 Å². The van der Waals surface area contributed by atoms with Gasteiger partial charge in [-0.1, -0.05) is 42.5 Å². The normalized spacial score (nSPS) is 10.9. The summed E-state index contributed by atoms with van der Waals surface area (Å²) in [6.45, 7) is 3.03. The van der Waals surface area contributed by atoms with Crippen molar-refractivity contribution in [2.75, 3.05) is 0 Å². The van der Waals surface area contributed by atoms with E-state index in [2.05, 4.69) is 10.2 Å². The number of nitrogens with zero attached hydrogens (tertiary/aromatic N) is 5. The van der Waals surface area contributed by atoms with Gasteiger partial charge in [-0.3, -0.25) is 9.59 Å². The molecular weight excluding hydrogens is 426 g/mol.